The van der Waals surface area contributed by atoms with Gasteiger partial charge < -0.3 is 53.5 Å². The largest absolute Gasteiger partial charge is 0.463 e. The van der Waals surface area contributed by atoms with Crippen LogP contribution in [-0.4, -0.2) is 97.6 Å². The molecule has 0 aromatic carbocycles. The molecule has 0 aliphatic carbocycles. The molecule has 1 aromatic rings. The Morgan fingerprint density at radius 2 is 1.72 bits per heavy atom. The quantitative estimate of drug-likeness (QED) is 0.0554. The van der Waals surface area contributed by atoms with Crippen LogP contribution in [0.3, 0.4) is 0 Å². The molecule has 1 aromatic heterocycles. The number of hydrogen-bond donors (Lipinski definition) is 3. The molecule has 46 heavy (non-hydrogen) atoms. The summed E-state index contributed by atoms with van der Waals surface area (Å²) in [5, 5.41) is 9.41. The lowest BCUT2D eigenvalue weighted by atomic mass is 10.1. The number of furan rings is 1. The zero-order valence-electron chi connectivity index (χ0n) is 26.8. The van der Waals surface area contributed by atoms with Crippen LogP contribution in [0, 0.1) is 6.92 Å². The van der Waals surface area contributed by atoms with E-state index in [2.05, 4.69) is 16.0 Å². The molecular weight excluding hydrogens is 626 g/mol. The minimum Gasteiger partial charge on any atom is -0.463 e. The third-order valence-electron chi connectivity index (χ3n) is 7.36. The molecule has 3 aliphatic rings. The van der Waals surface area contributed by atoms with Gasteiger partial charge in [0.15, 0.2) is 40.7 Å². The molecule has 4 rings (SSSR count). The number of carbonyl (C=O) groups excluding carboxylic acids is 4. The van der Waals surface area contributed by atoms with Gasteiger partial charge in [0.25, 0.3) is 0 Å². The molecule has 3 aliphatic heterocycles. The van der Waals surface area contributed by atoms with E-state index in [0.717, 1.165) is 0 Å². The van der Waals surface area contributed by atoms with Crippen molar-refractivity contribution in [3.63, 3.8) is 0 Å². The minimum atomic E-state index is -0.926. The summed E-state index contributed by atoms with van der Waals surface area (Å²) in [6.07, 6.45) is -2.85. The van der Waals surface area contributed by atoms with Crippen LogP contribution in [0.2, 0.25) is 0 Å². The predicted octanol–water partition coefficient (Wildman–Crippen LogP) is 1.47. The molecule has 254 valence electrons. The standard InChI is InChI=1S/C30H41N3O12S/c1-8-38-27(36)18(28(37)39-9-2)11-31-26-25-24(44-30(6,7)45-25)21(43-26)12-32-29(46)33-19-13-40-23(22(19)42-16(5)35)20-10-17(14(3)34)15(4)41-20/h10-11,19,21-26,31H,8-9,12-13H2,1-7H3,(H2,32,33,46)/t19-,21+,22+,23-,24+,25+,26-/m0/s1. The number of esters is 3. The average molecular weight is 668 g/mol. The number of Topliss-reactive ketones (excluding diaryl/α,β-unsaturated/α-hetero) is 1. The van der Waals surface area contributed by atoms with Crippen molar-refractivity contribution < 1.29 is 56.8 Å². The van der Waals surface area contributed by atoms with E-state index >= 15 is 0 Å². The number of thiocarbonyl (C=S) groups is 1. The van der Waals surface area contributed by atoms with Crippen LogP contribution in [0.5, 0.6) is 0 Å². The number of rotatable bonds is 12. The van der Waals surface area contributed by atoms with E-state index in [1.807, 2.05) is 0 Å². The van der Waals surface area contributed by atoms with Gasteiger partial charge in [-0.3, -0.25) is 9.59 Å². The van der Waals surface area contributed by atoms with Crippen molar-refractivity contribution in [1.29, 1.82) is 0 Å². The maximum atomic E-state index is 12.4. The van der Waals surface area contributed by atoms with Gasteiger partial charge in [0.1, 0.15) is 29.8 Å². The molecule has 16 heteroatoms. The lowest BCUT2D eigenvalue weighted by molar-refractivity contribution is -0.188. The van der Waals surface area contributed by atoms with Gasteiger partial charge in [0.05, 0.1) is 31.4 Å². The Labute approximate surface area is 271 Å². The van der Waals surface area contributed by atoms with E-state index in [1.165, 1.54) is 20.0 Å². The number of carbonyl (C=O) groups is 4. The van der Waals surface area contributed by atoms with Gasteiger partial charge in [0.2, 0.25) is 0 Å². The summed E-state index contributed by atoms with van der Waals surface area (Å²) in [6.45, 7) is 11.7. The molecule has 0 unspecified atom stereocenters. The third-order valence-corrected chi connectivity index (χ3v) is 7.62. The number of ketones is 1. The van der Waals surface area contributed by atoms with Crippen molar-refractivity contribution in [2.24, 2.45) is 0 Å². The molecule has 0 amide bonds. The Balaban J connectivity index is 1.41. The van der Waals surface area contributed by atoms with Crippen LogP contribution in [0.25, 0.3) is 0 Å². The van der Waals surface area contributed by atoms with E-state index < -0.39 is 66.5 Å². The first-order chi connectivity index (χ1) is 21.7. The van der Waals surface area contributed by atoms with Crippen LogP contribution < -0.4 is 16.0 Å². The Morgan fingerprint density at radius 1 is 1.07 bits per heavy atom. The second-order valence-corrected chi connectivity index (χ2v) is 11.7. The SMILES string of the molecule is CCOC(=O)C(=CN[C@H]1O[C@H](CNC(=S)N[C@H]2CO[C@@H](c3cc(C(C)=O)c(C)o3)[C@@H]2OC(C)=O)[C@H]2OC(C)(C)O[C@H]21)C(=O)OCC. The van der Waals surface area contributed by atoms with Gasteiger partial charge in [-0.15, -0.1) is 0 Å². The summed E-state index contributed by atoms with van der Waals surface area (Å²) in [7, 11) is 0. The van der Waals surface area contributed by atoms with Crippen LogP contribution in [-0.2, 0) is 47.5 Å². The Morgan fingerprint density at radius 3 is 2.30 bits per heavy atom. The van der Waals surface area contributed by atoms with E-state index in [9.17, 15) is 19.2 Å². The molecule has 4 heterocycles. The molecule has 3 N–H and O–H groups in total. The highest BCUT2D eigenvalue weighted by Gasteiger charge is 2.55. The number of nitrogens with one attached hydrogen (secondary N) is 3. The predicted molar refractivity (Wildman–Crippen MR) is 162 cm³/mol. The summed E-state index contributed by atoms with van der Waals surface area (Å²) in [4.78, 5) is 48.7. The van der Waals surface area contributed by atoms with Crippen molar-refractivity contribution in [1.82, 2.24) is 16.0 Å². The van der Waals surface area contributed by atoms with Crippen molar-refractivity contribution >= 4 is 41.0 Å². The monoisotopic (exact) mass is 667 g/mol. The van der Waals surface area contributed by atoms with Gasteiger partial charge in [-0.1, -0.05) is 0 Å². The lowest BCUT2D eigenvalue weighted by Crippen LogP contribution is -2.50. The Bertz CT molecular complexity index is 1340. The second kappa shape index (κ2) is 14.9. The summed E-state index contributed by atoms with van der Waals surface area (Å²) in [5.74, 6) is -2.47. The molecule has 7 atom stereocenters. The number of fused-ring (bicyclic) bond motifs is 1. The van der Waals surface area contributed by atoms with E-state index in [-0.39, 0.29) is 42.8 Å². The molecule has 3 saturated heterocycles. The van der Waals surface area contributed by atoms with Crippen LogP contribution >= 0.6 is 12.2 Å². The van der Waals surface area contributed by atoms with Gasteiger partial charge in [-0.25, -0.2) is 9.59 Å². The summed E-state index contributed by atoms with van der Waals surface area (Å²) < 4.78 is 45.6. The van der Waals surface area contributed by atoms with Crippen molar-refractivity contribution in [3.05, 3.63) is 34.9 Å². The molecule has 0 saturated carbocycles. The Hall–Kier alpha value is -3.57. The van der Waals surface area contributed by atoms with Gasteiger partial charge >= 0.3 is 17.9 Å². The summed E-state index contributed by atoms with van der Waals surface area (Å²) >= 11 is 5.55. The highest BCUT2D eigenvalue weighted by Crippen LogP contribution is 2.38. The molecule has 0 spiro atoms. The first-order valence-electron chi connectivity index (χ1n) is 15.0. The van der Waals surface area contributed by atoms with E-state index in [1.54, 1.807) is 40.7 Å². The molecule has 15 nitrogen and oxygen atoms in total. The maximum Gasteiger partial charge on any atom is 0.347 e. The highest BCUT2D eigenvalue weighted by molar-refractivity contribution is 7.80. The smallest absolute Gasteiger partial charge is 0.347 e. The van der Waals surface area contributed by atoms with Crippen molar-refractivity contribution in [2.75, 3.05) is 26.4 Å². The van der Waals surface area contributed by atoms with Crippen molar-refractivity contribution in [2.45, 2.75) is 97.0 Å². The lowest BCUT2D eigenvalue weighted by Gasteiger charge is -2.26. The molecule has 3 fully saturated rings. The van der Waals surface area contributed by atoms with Crippen molar-refractivity contribution in [3.8, 4) is 0 Å². The zero-order valence-corrected chi connectivity index (χ0v) is 27.6. The first kappa shape index (κ1) is 35.3. The minimum absolute atomic E-state index is 0.0750. The maximum absolute atomic E-state index is 12.4. The zero-order chi connectivity index (χ0) is 33.8. The first-order valence-corrected chi connectivity index (χ1v) is 15.4. The fraction of sp³-hybridized carbons (Fsp3) is 0.633. The van der Waals surface area contributed by atoms with Gasteiger partial charge in [-0.2, -0.15) is 0 Å². The fourth-order valence-electron chi connectivity index (χ4n) is 5.48. The molecule has 0 radical (unpaired) electrons. The van der Waals surface area contributed by atoms with Crippen LogP contribution in [0.4, 0.5) is 0 Å². The van der Waals surface area contributed by atoms with E-state index in [0.29, 0.717) is 17.1 Å². The molecular formula is C30H41N3O12S. The average Bonchev–Trinajstić information content (AvgIpc) is 3.70. The number of aryl methyl sites for hydroxylation is 1. The van der Waals surface area contributed by atoms with Gasteiger partial charge in [-0.05, 0) is 59.8 Å². The van der Waals surface area contributed by atoms with Gasteiger partial charge in [0, 0.05) is 19.7 Å². The second-order valence-electron chi connectivity index (χ2n) is 11.3. The summed E-state index contributed by atoms with van der Waals surface area (Å²) in [6, 6.07) is 1.06. The third kappa shape index (κ3) is 8.22. The number of ether oxygens (including phenoxy) is 7. The van der Waals surface area contributed by atoms with Crippen LogP contribution in [0.1, 0.15) is 69.5 Å². The molecule has 0 bridgehead atoms. The number of hydrogen-bond acceptors (Lipinski definition) is 14. The topological polar surface area (TPSA) is 182 Å². The normalized spacial score (nSPS) is 27.7. The highest BCUT2D eigenvalue weighted by atomic mass is 32.1. The fourth-order valence-corrected chi connectivity index (χ4v) is 5.72. The van der Waals surface area contributed by atoms with E-state index in [4.69, 9.17) is 49.8 Å². The Kier molecular flexibility index (Phi) is 11.4. The summed E-state index contributed by atoms with van der Waals surface area (Å²) in [5.41, 5.74) is 0.0989. The van der Waals surface area contributed by atoms with Crippen LogP contribution in [0.15, 0.2) is 22.3 Å².